The van der Waals surface area contributed by atoms with Crippen molar-refractivity contribution in [2.75, 3.05) is 5.32 Å². The Kier molecular flexibility index (Phi) is 5.61. The van der Waals surface area contributed by atoms with Crippen molar-refractivity contribution in [1.29, 1.82) is 0 Å². The molecule has 4 aromatic rings. The Bertz CT molecular complexity index is 1140. The van der Waals surface area contributed by atoms with Crippen LogP contribution in [0.3, 0.4) is 0 Å². The molecule has 0 bridgehead atoms. The fourth-order valence-electron chi connectivity index (χ4n) is 2.88. The number of aromatic nitrogens is 3. The summed E-state index contributed by atoms with van der Waals surface area (Å²) < 4.78 is 1.66. The fourth-order valence-corrected chi connectivity index (χ4v) is 2.88. The lowest BCUT2D eigenvalue weighted by molar-refractivity contribution is 0.0950. The Morgan fingerprint density at radius 2 is 1.60 bits per heavy atom. The molecule has 0 fully saturated rings. The SMILES string of the molecule is O=C(NCc1ccnc(-n2cccn2)c1)c1ccc(NC(=O)c2ccccc2)cc1. The number of carbonyl (C=O) groups excluding carboxylic acids is 2. The highest BCUT2D eigenvalue weighted by atomic mass is 16.2. The molecule has 7 nitrogen and oxygen atoms in total. The molecule has 0 aliphatic carbocycles. The summed E-state index contributed by atoms with van der Waals surface area (Å²) in [7, 11) is 0. The number of nitrogens with zero attached hydrogens (tertiary/aromatic N) is 3. The predicted octanol–water partition coefficient (Wildman–Crippen LogP) is 3.45. The van der Waals surface area contributed by atoms with Gasteiger partial charge in [-0.1, -0.05) is 18.2 Å². The number of pyridine rings is 1. The number of amides is 2. The first-order chi connectivity index (χ1) is 14.7. The van der Waals surface area contributed by atoms with Crippen molar-refractivity contribution in [3.8, 4) is 5.82 Å². The minimum Gasteiger partial charge on any atom is -0.348 e. The maximum Gasteiger partial charge on any atom is 0.255 e. The molecular formula is C23H19N5O2. The van der Waals surface area contributed by atoms with Gasteiger partial charge in [0.05, 0.1) is 0 Å². The maximum atomic E-state index is 12.5. The van der Waals surface area contributed by atoms with Gasteiger partial charge in [0.1, 0.15) is 0 Å². The van der Waals surface area contributed by atoms with Crippen LogP contribution in [0.25, 0.3) is 5.82 Å². The Balaban J connectivity index is 1.35. The van der Waals surface area contributed by atoms with E-state index in [1.165, 1.54) is 0 Å². The van der Waals surface area contributed by atoms with Crippen molar-refractivity contribution < 1.29 is 9.59 Å². The van der Waals surface area contributed by atoms with Crippen LogP contribution in [0.5, 0.6) is 0 Å². The molecule has 148 valence electrons. The Labute approximate surface area is 173 Å². The fraction of sp³-hybridized carbons (Fsp3) is 0.0435. The summed E-state index contributed by atoms with van der Waals surface area (Å²) in [6.07, 6.45) is 5.17. The van der Waals surface area contributed by atoms with E-state index >= 15 is 0 Å². The summed E-state index contributed by atoms with van der Waals surface area (Å²) in [5.41, 5.74) is 2.62. The van der Waals surface area contributed by atoms with E-state index in [2.05, 4.69) is 20.7 Å². The summed E-state index contributed by atoms with van der Waals surface area (Å²) in [6.45, 7) is 0.363. The number of nitrogens with one attached hydrogen (secondary N) is 2. The molecule has 2 aromatic heterocycles. The first kappa shape index (κ1) is 19.1. The molecule has 7 heteroatoms. The van der Waals surface area contributed by atoms with Gasteiger partial charge < -0.3 is 10.6 Å². The smallest absolute Gasteiger partial charge is 0.255 e. The van der Waals surface area contributed by atoms with Gasteiger partial charge >= 0.3 is 0 Å². The lowest BCUT2D eigenvalue weighted by Gasteiger charge is -2.09. The normalized spacial score (nSPS) is 10.4. The third-order valence-corrected chi connectivity index (χ3v) is 4.44. The molecule has 0 spiro atoms. The second-order valence-corrected chi connectivity index (χ2v) is 6.55. The van der Waals surface area contributed by atoms with Crippen LogP contribution in [0, 0.1) is 0 Å². The quantitative estimate of drug-likeness (QED) is 0.522. The zero-order valence-electron chi connectivity index (χ0n) is 16.0. The average Bonchev–Trinajstić information content (AvgIpc) is 3.34. The van der Waals surface area contributed by atoms with E-state index in [1.807, 2.05) is 42.6 Å². The molecule has 2 aromatic carbocycles. The van der Waals surface area contributed by atoms with Crippen molar-refractivity contribution in [2.24, 2.45) is 0 Å². The van der Waals surface area contributed by atoms with Crippen LogP contribution >= 0.6 is 0 Å². The van der Waals surface area contributed by atoms with Gasteiger partial charge in [0.15, 0.2) is 5.82 Å². The number of benzene rings is 2. The summed E-state index contributed by atoms with van der Waals surface area (Å²) in [4.78, 5) is 28.9. The van der Waals surface area contributed by atoms with Gasteiger partial charge in [-0.25, -0.2) is 9.67 Å². The Morgan fingerprint density at radius 1 is 0.833 bits per heavy atom. The van der Waals surface area contributed by atoms with Crippen LogP contribution in [-0.4, -0.2) is 26.6 Å². The second-order valence-electron chi connectivity index (χ2n) is 6.55. The van der Waals surface area contributed by atoms with Crippen molar-refractivity contribution >= 4 is 17.5 Å². The monoisotopic (exact) mass is 397 g/mol. The van der Waals surface area contributed by atoms with E-state index in [0.29, 0.717) is 29.2 Å². The summed E-state index contributed by atoms with van der Waals surface area (Å²) >= 11 is 0. The highest BCUT2D eigenvalue weighted by Gasteiger charge is 2.08. The molecule has 0 aliphatic rings. The van der Waals surface area contributed by atoms with Crippen molar-refractivity contribution in [3.63, 3.8) is 0 Å². The molecular weight excluding hydrogens is 378 g/mol. The lowest BCUT2D eigenvalue weighted by Crippen LogP contribution is -2.23. The number of rotatable bonds is 6. The summed E-state index contributed by atoms with van der Waals surface area (Å²) in [6, 6.07) is 21.3. The third-order valence-electron chi connectivity index (χ3n) is 4.44. The number of carbonyl (C=O) groups is 2. The maximum absolute atomic E-state index is 12.5. The van der Waals surface area contributed by atoms with Gasteiger partial charge in [0, 0.05) is 41.9 Å². The summed E-state index contributed by atoms with van der Waals surface area (Å²) in [5.74, 6) is 0.289. The zero-order valence-corrected chi connectivity index (χ0v) is 16.0. The van der Waals surface area contributed by atoms with Gasteiger partial charge in [0.25, 0.3) is 11.8 Å². The number of anilines is 1. The molecule has 4 rings (SSSR count). The minimum absolute atomic E-state index is 0.196. The predicted molar refractivity (Wildman–Crippen MR) is 113 cm³/mol. The van der Waals surface area contributed by atoms with E-state index in [1.54, 1.807) is 53.5 Å². The van der Waals surface area contributed by atoms with E-state index in [0.717, 1.165) is 5.56 Å². The molecule has 0 saturated carbocycles. The van der Waals surface area contributed by atoms with E-state index in [-0.39, 0.29) is 11.8 Å². The van der Waals surface area contributed by atoms with Gasteiger partial charge in [0.2, 0.25) is 0 Å². The lowest BCUT2D eigenvalue weighted by atomic mass is 10.1. The highest BCUT2D eigenvalue weighted by molar-refractivity contribution is 6.04. The molecule has 0 radical (unpaired) electrons. The Morgan fingerprint density at radius 3 is 2.33 bits per heavy atom. The molecule has 30 heavy (non-hydrogen) atoms. The minimum atomic E-state index is -0.201. The molecule has 0 aliphatic heterocycles. The van der Waals surface area contributed by atoms with E-state index < -0.39 is 0 Å². The second kappa shape index (κ2) is 8.83. The first-order valence-electron chi connectivity index (χ1n) is 9.39. The van der Waals surface area contributed by atoms with Gasteiger partial charge in [-0.3, -0.25) is 9.59 Å². The first-order valence-corrected chi connectivity index (χ1v) is 9.39. The molecule has 2 amide bonds. The molecule has 0 unspecified atom stereocenters. The standard InChI is InChI=1S/C23H19N5O2/c29-22(25-16-17-11-13-24-21(15-17)28-14-4-12-26-28)19-7-9-20(10-8-19)27-23(30)18-5-2-1-3-6-18/h1-15H,16H2,(H,25,29)(H,27,30). The topological polar surface area (TPSA) is 88.9 Å². The van der Waals surface area contributed by atoms with Gasteiger partial charge in [-0.15, -0.1) is 0 Å². The van der Waals surface area contributed by atoms with Gasteiger partial charge in [-0.05, 0) is 60.2 Å². The average molecular weight is 397 g/mol. The van der Waals surface area contributed by atoms with Crippen molar-refractivity contribution in [1.82, 2.24) is 20.1 Å². The molecule has 0 saturated heterocycles. The number of hydrogen-bond donors (Lipinski definition) is 2. The van der Waals surface area contributed by atoms with Crippen LogP contribution in [0.15, 0.2) is 91.4 Å². The van der Waals surface area contributed by atoms with Crippen LogP contribution in [0.4, 0.5) is 5.69 Å². The van der Waals surface area contributed by atoms with Crippen molar-refractivity contribution in [2.45, 2.75) is 6.54 Å². The van der Waals surface area contributed by atoms with Crippen LogP contribution in [0.1, 0.15) is 26.3 Å². The summed E-state index contributed by atoms with van der Waals surface area (Å²) in [5, 5.41) is 9.86. The van der Waals surface area contributed by atoms with Crippen LogP contribution < -0.4 is 10.6 Å². The number of hydrogen-bond acceptors (Lipinski definition) is 4. The van der Waals surface area contributed by atoms with Crippen molar-refractivity contribution in [3.05, 3.63) is 108 Å². The molecule has 2 N–H and O–H groups in total. The van der Waals surface area contributed by atoms with E-state index in [4.69, 9.17) is 0 Å². The Hall–Kier alpha value is -4.26. The van der Waals surface area contributed by atoms with Gasteiger partial charge in [-0.2, -0.15) is 5.10 Å². The van der Waals surface area contributed by atoms with Crippen LogP contribution in [-0.2, 0) is 6.54 Å². The van der Waals surface area contributed by atoms with E-state index in [9.17, 15) is 9.59 Å². The third kappa shape index (κ3) is 4.59. The largest absolute Gasteiger partial charge is 0.348 e. The highest BCUT2D eigenvalue weighted by Crippen LogP contribution is 2.12. The zero-order chi connectivity index (χ0) is 20.8. The molecule has 2 heterocycles. The van der Waals surface area contributed by atoms with Crippen LogP contribution in [0.2, 0.25) is 0 Å². The molecule has 0 atom stereocenters.